The molecule has 0 fully saturated rings. The standard InChI is InChI=1S/C12H17N3O2/c1-9(2)15-12(17)7-11(16)14-8-10-5-3-4-6-13-10/h3-6,9H,7-8H2,1-2H3,(H,14,16)(H,15,17). The van der Waals surface area contributed by atoms with Crippen LogP contribution in [0.2, 0.25) is 0 Å². The third kappa shape index (κ3) is 5.65. The van der Waals surface area contributed by atoms with Crippen molar-refractivity contribution in [3.05, 3.63) is 30.1 Å². The lowest BCUT2D eigenvalue weighted by molar-refractivity contribution is -0.129. The molecule has 92 valence electrons. The van der Waals surface area contributed by atoms with Gasteiger partial charge in [0.05, 0.1) is 12.2 Å². The molecule has 0 saturated carbocycles. The molecule has 1 aromatic heterocycles. The van der Waals surface area contributed by atoms with Crippen LogP contribution in [0.5, 0.6) is 0 Å². The summed E-state index contributed by atoms with van der Waals surface area (Å²) in [6, 6.07) is 5.52. The first-order valence-corrected chi connectivity index (χ1v) is 5.54. The van der Waals surface area contributed by atoms with Gasteiger partial charge in [0.25, 0.3) is 0 Å². The Balaban J connectivity index is 2.28. The number of hydrogen-bond donors (Lipinski definition) is 2. The Kier molecular flexibility index (Phi) is 5.13. The molecule has 1 aromatic rings. The van der Waals surface area contributed by atoms with E-state index in [1.807, 2.05) is 26.0 Å². The van der Waals surface area contributed by atoms with E-state index in [0.717, 1.165) is 5.69 Å². The molecule has 0 aromatic carbocycles. The van der Waals surface area contributed by atoms with Gasteiger partial charge in [-0.05, 0) is 26.0 Å². The van der Waals surface area contributed by atoms with Gasteiger partial charge >= 0.3 is 0 Å². The highest BCUT2D eigenvalue weighted by Gasteiger charge is 2.09. The molecule has 0 aliphatic heterocycles. The summed E-state index contributed by atoms with van der Waals surface area (Å²) in [6.45, 7) is 4.04. The van der Waals surface area contributed by atoms with E-state index in [2.05, 4.69) is 15.6 Å². The zero-order valence-electron chi connectivity index (χ0n) is 10.1. The lowest BCUT2D eigenvalue weighted by Crippen LogP contribution is -2.35. The van der Waals surface area contributed by atoms with Crippen LogP contribution in [0.15, 0.2) is 24.4 Å². The fraction of sp³-hybridized carbons (Fsp3) is 0.417. The van der Waals surface area contributed by atoms with Gasteiger partial charge in [0, 0.05) is 12.2 Å². The minimum Gasteiger partial charge on any atom is -0.353 e. The molecule has 0 atom stereocenters. The number of nitrogens with zero attached hydrogens (tertiary/aromatic N) is 1. The monoisotopic (exact) mass is 235 g/mol. The molecule has 2 N–H and O–H groups in total. The van der Waals surface area contributed by atoms with Crippen molar-refractivity contribution in [1.82, 2.24) is 15.6 Å². The van der Waals surface area contributed by atoms with Crippen molar-refractivity contribution in [3.8, 4) is 0 Å². The number of carbonyl (C=O) groups is 2. The van der Waals surface area contributed by atoms with Crippen LogP contribution in [0.4, 0.5) is 0 Å². The summed E-state index contributed by atoms with van der Waals surface area (Å²) < 4.78 is 0. The maximum absolute atomic E-state index is 11.4. The fourth-order valence-electron chi connectivity index (χ4n) is 1.27. The quantitative estimate of drug-likeness (QED) is 0.735. The molecular weight excluding hydrogens is 218 g/mol. The minimum absolute atomic E-state index is 0.0473. The first-order chi connectivity index (χ1) is 8.08. The zero-order chi connectivity index (χ0) is 12.7. The summed E-state index contributed by atoms with van der Waals surface area (Å²) in [5, 5.41) is 5.30. The summed E-state index contributed by atoms with van der Waals surface area (Å²) in [7, 11) is 0. The largest absolute Gasteiger partial charge is 0.353 e. The maximum Gasteiger partial charge on any atom is 0.229 e. The van der Waals surface area contributed by atoms with Gasteiger partial charge in [-0.15, -0.1) is 0 Å². The fourth-order valence-corrected chi connectivity index (χ4v) is 1.27. The van der Waals surface area contributed by atoms with Crippen LogP contribution in [-0.4, -0.2) is 22.8 Å². The third-order valence-corrected chi connectivity index (χ3v) is 1.96. The number of carbonyl (C=O) groups excluding carboxylic acids is 2. The summed E-state index contributed by atoms with van der Waals surface area (Å²) in [5.74, 6) is -0.563. The number of pyridine rings is 1. The Hall–Kier alpha value is -1.91. The molecule has 0 radical (unpaired) electrons. The molecule has 17 heavy (non-hydrogen) atoms. The van der Waals surface area contributed by atoms with Gasteiger partial charge < -0.3 is 10.6 Å². The van der Waals surface area contributed by atoms with Crippen LogP contribution >= 0.6 is 0 Å². The Morgan fingerprint density at radius 2 is 2.06 bits per heavy atom. The molecule has 5 nitrogen and oxygen atoms in total. The minimum atomic E-state index is -0.297. The molecule has 0 aliphatic rings. The topological polar surface area (TPSA) is 71.1 Å². The van der Waals surface area contributed by atoms with Gasteiger partial charge in [-0.25, -0.2) is 0 Å². The molecule has 0 spiro atoms. The smallest absolute Gasteiger partial charge is 0.229 e. The summed E-state index contributed by atoms with van der Waals surface area (Å²) in [6.07, 6.45) is 1.51. The maximum atomic E-state index is 11.4. The SMILES string of the molecule is CC(C)NC(=O)CC(=O)NCc1ccccn1. The summed E-state index contributed by atoms with van der Waals surface area (Å²) in [4.78, 5) is 26.8. The van der Waals surface area contributed by atoms with Gasteiger partial charge in [-0.3, -0.25) is 14.6 Å². The van der Waals surface area contributed by atoms with Crippen LogP contribution in [0.25, 0.3) is 0 Å². The highest BCUT2D eigenvalue weighted by molar-refractivity contribution is 5.96. The van der Waals surface area contributed by atoms with E-state index >= 15 is 0 Å². The summed E-state index contributed by atoms with van der Waals surface area (Å²) in [5.41, 5.74) is 0.769. The Labute approximate surface area is 101 Å². The first kappa shape index (κ1) is 13.2. The highest BCUT2D eigenvalue weighted by atomic mass is 16.2. The molecule has 2 amide bonds. The second-order valence-corrected chi connectivity index (χ2v) is 4.00. The zero-order valence-corrected chi connectivity index (χ0v) is 10.1. The molecule has 0 aliphatic carbocycles. The summed E-state index contributed by atoms with van der Waals surface area (Å²) >= 11 is 0. The number of amides is 2. The highest BCUT2D eigenvalue weighted by Crippen LogP contribution is 1.92. The van der Waals surface area contributed by atoms with Crippen LogP contribution in [0, 0.1) is 0 Å². The third-order valence-electron chi connectivity index (χ3n) is 1.96. The van der Waals surface area contributed by atoms with Gasteiger partial charge in [-0.1, -0.05) is 6.07 Å². The van der Waals surface area contributed by atoms with E-state index in [0.29, 0.717) is 6.54 Å². The van der Waals surface area contributed by atoms with Gasteiger partial charge in [0.2, 0.25) is 11.8 Å². The predicted octanol–water partition coefficient (Wildman–Crippen LogP) is 0.612. The second-order valence-electron chi connectivity index (χ2n) is 4.00. The molecular formula is C12H17N3O2. The average Bonchev–Trinajstić information content (AvgIpc) is 2.26. The molecule has 1 heterocycles. The van der Waals surface area contributed by atoms with Crippen LogP contribution < -0.4 is 10.6 Å². The number of rotatable bonds is 5. The molecule has 1 rings (SSSR count). The van der Waals surface area contributed by atoms with Crippen LogP contribution in [-0.2, 0) is 16.1 Å². The Morgan fingerprint density at radius 1 is 1.29 bits per heavy atom. The van der Waals surface area contributed by atoms with E-state index in [9.17, 15) is 9.59 Å². The number of nitrogens with one attached hydrogen (secondary N) is 2. The van der Waals surface area contributed by atoms with Crippen molar-refractivity contribution in [2.75, 3.05) is 0 Å². The molecule has 0 unspecified atom stereocenters. The molecule has 5 heteroatoms. The number of hydrogen-bond acceptors (Lipinski definition) is 3. The van der Waals surface area contributed by atoms with Crippen LogP contribution in [0.1, 0.15) is 26.0 Å². The van der Waals surface area contributed by atoms with E-state index < -0.39 is 0 Å². The van der Waals surface area contributed by atoms with Gasteiger partial charge in [-0.2, -0.15) is 0 Å². The normalized spacial score (nSPS) is 10.1. The van der Waals surface area contributed by atoms with Crippen molar-refractivity contribution < 1.29 is 9.59 Å². The van der Waals surface area contributed by atoms with Crippen molar-refractivity contribution in [3.63, 3.8) is 0 Å². The molecule has 0 saturated heterocycles. The van der Waals surface area contributed by atoms with Crippen LogP contribution in [0.3, 0.4) is 0 Å². The average molecular weight is 235 g/mol. The Bertz CT molecular complexity index is 377. The predicted molar refractivity (Wildman–Crippen MR) is 64.0 cm³/mol. The Morgan fingerprint density at radius 3 is 2.65 bits per heavy atom. The van der Waals surface area contributed by atoms with E-state index in [1.165, 1.54) is 0 Å². The lowest BCUT2D eigenvalue weighted by Gasteiger charge is -2.08. The van der Waals surface area contributed by atoms with Crippen molar-refractivity contribution in [2.45, 2.75) is 32.9 Å². The van der Waals surface area contributed by atoms with Gasteiger partial charge in [0.15, 0.2) is 0 Å². The van der Waals surface area contributed by atoms with E-state index in [4.69, 9.17) is 0 Å². The first-order valence-electron chi connectivity index (χ1n) is 5.54. The van der Waals surface area contributed by atoms with Gasteiger partial charge in [0.1, 0.15) is 6.42 Å². The lowest BCUT2D eigenvalue weighted by atomic mass is 10.3. The van der Waals surface area contributed by atoms with Crippen molar-refractivity contribution >= 4 is 11.8 Å². The second kappa shape index (κ2) is 6.62. The van der Waals surface area contributed by atoms with Crippen molar-refractivity contribution in [1.29, 1.82) is 0 Å². The van der Waals surface area contributed by atoms with E-state index in [1.54, 1.807) is 12.3 Å². The molecule has 0 bridgehead atoms. The number of aromatic nitrogens is 1. The van der Waals surface area contributed by atoms with Crippen molar-refractivity contribution in [2.24, 2.45) is 0 Å². The van der Waals surface area contributed by atoms with E-state index in [-0.39, 0.29) is 24.3 Å².